The zero-order valence-corrected chi connectivity index (χ0v) is 14.5. The van der Waals surface area contributed by atoms with Gasteiger partial charge >= 0.3 is 18.0 Å². The van der Waals surface area contributed by atoms with Gasteiger partial charge in [0.1, 0.15) is 12.3 Å². The van der Waals surface area contributed by atoms with Crippen molar-refractivity contribution in [2.24, 2.45) is 0 Å². The van der Waals surface area contributed by atoms with Crippen LogP contribution in [0.25, 0.3) is 0 Å². The van der Waals surface area contributed by atoms with Crippen molar-refractivity contribution < 1.29 is 23.9 Å². The van der Waals surface area contributed by atoms with E-state index in [9.17, 15) is 14.4 Å². The van der Waals surface area contributed by atoms with Gasteiger partial charge in [0.15, 0.2) is 0 Å². The molecule has 8 heteroatoms. The first-order valence-corrected chi connectivity index (χ1v) is 8.24. The quantitative estimate of drug-likeness (QED) is 0.791. The summed E-state index contributed by atoms with van der Waals surface area (Å²) in [5.74, 6) is -1.35. The number of nitrogens with one attached hydrogen (secondary N) is 1. The molecule has 126 valence electrons. The SMILES string of the molecule is CCOC(=O)C1=C2C(=O)OCCN2C(=O)N[C@H]1c1cccc(Br)c1. The number of benzene rings is 1. The van der Waals surface area contributed by atoms with Crippen molar-refractivity contribution in [3.63, 3.8) is 0 Å². The number of cyclic esters (lactones) is 1. The standard InChI is InChI=1S/C16H15BrN2O5/c1-2-23-14(20)11-12(9-4-3-5-10(17)8-9)18-16(22)19-6-7-24-15(21)13(11)19/h3-5,8,12H,2,6-7H2,1H3,(H,18,22)/t12-/m0/s1. The van der Waals surface area contributed by atoms with Crippen LogP contribution in [0, 0.1) is 0 Å². The van der Waals surface area contributed by atoms with Crippen LogP contribution in [0.1, 0.15) is 18.5 Å². The lowest BCUT2D eigenvalue weighted by Crippen LogP contribution is -2.53. The van der Waals surface area contributed by atoms with Crippen molar-refractivity contribution in [3.05, 3.63) is 45.6 Å². The number of urea groups is 1. The minimum absolute atomic E-state index is 0.0478. The van der Waals surface area contributed by atoms with Gasteiger partial charge in [-0.2, -0.15) is 0 Å². The lowest BCUT2D eigenvalue weighted by molar-refractivity contribution is -0.146. The topological polar surface area (TPSA) is 84.9 Å². The molecule has 0 bridgehead atoms. The number of halogens is 1. The van der Waals surface area contributed by atoms with E-state index in [1.807, 2.05) is 6.07 Å². The molecule has 3 rings (SSSR count). The van der Waals surface area contributed by atoms with E-state index < -0.39 is 24.0 Å². The molecule has 1 aromatic rings. The summed E-state index contributed by atoms with van der Waals surface area (Å²) in [5, 5.41) is 2.77. The van der Waals surface area contributed by atoms with E-state index in [0.717, 1.165) is 4.47 Å². The highest BCUT2D eigenvalue weighted by molar-refractivity contribution is 9.10. The van der Waals surface area contributed by atoms with Crippen LogP contribution >= 0.6 is 15.9 Å². The van der Waals surface area contributed by atoms with E-state index in [0.29, 0.717) is 5.56 Å². The first-order chi connectivity index (χ1) is 11.5. The fourth-order valence-electron chi connectivity index (χ4n) is 2.75. The maximum absolute atomic E-state index is 12.5. The van der Waals surface area contributed by atoms with Crippen LogP contribution in [-0.4, -0.2) is 42.6 Å². The van der Waals surface area contributed by atoms with Gasteiger partial charge < -0.3 is 14.8 Å². The molecule has 24 heavy (non-hydrogen) atoms. The van der Waals surface area contributed by atoms with E-state index in [1.165, 1.54) is 4.90 Å². The molecule has 2 amide bonds. The second-order valence-electron chi connectivity index (χ2n) is 5.21. The normalized spacial score (nSPS) is 20.2. The number of carbonyl (C=O) groups excluding carboxylic acids is 3. The van der Waals surface area contributed by atoms with E-state index >= 15 is 0 Å². The molecular formula is C16H15BrN2O5. The first kappa shape index (κ1) is 16.5. The Bertz CT molecular complexity index is 746. The minimum atomic E-state index is -0.786. The average Bonchev–Trinajstić information content (AvgIpc) is 2.55. The molecule has 1 saturated heterocycles. The number of hydrogen-bond donors (Lipinski definition) is 1. The molecule has 1 N–H and O–H groups in total. The molecule has 0 aliphatic carbocycles. The second-order valence-corrected chi connectivity index (χ2v) is 6.12. The number of amides is 2. The highest BCUT2D eigenvalue weighted by Crippen LogP contribution is 2.34. The predicted octanol–water partition coefficient (Wildman–Crippen LogP) is 1.89. The Labute approximate surface area is 146 Å². The largest absolute Gasteiger partial charge is 0.463 e. The number of ether oxygens (including phenoxy) is 2. The molecular weight excluding hydrogens is 380 g/mol. The molecule has 1 fully saturated rings. The number of carbonyl (C=O) groups is 3. The van der Waals surface area contributed by atoms with Gasteiger partial charge in [-0.15, -0.1) is 0 Å². The summed E-state index contributed by atoms with van der Waals surface area (Å²) in [6, 6.07) is 5.91. The summed E-state index contributed by atoms with van der Waals surface area (Å²) in [6.45, 7) is 2.12. The Morgan fingerprint density at radius 1 is 1.46 bits per heavy atom. The fraction of sp³-hybridized carbons (Fsp3) is 0.312. The van der Waals surface area contributed by atoms with Gasteiger partial charge in [0.25, 0.3) is 0 Å². The van der Waals surface area contributed by atoms with Gasteiger partial charge in [0.05, 0.1) is 24.8 Å². The average molecular weight is 395 g/mol. The van der Waals surface area contributed by atoms with Crippen LogP contribution in [0.3, 0.4) is 0 Å². The van der Waals surface area contributed by atoms with Crippen molar-refractivity contribution >= 4 is 33.9 Å². The van der Waals surface area contributed by atoms with Crippen LogP contribution in [-0.2, 0) is 19.1 Å². The second kappa shape index (κ2) is 6.64. The molecule has 2 aliphatic rings. The number of nitrogens with zero attached hydrogens (tertiary/aromatic N) is 1. The Hall–Kier alpha value is -2.35. The molecule has 1 atom stereocenters. The molecule has 0 radical (unpaired) electrons. The highest BCUT2D eigenvalue weighted by Gasteiger charge is 2.43. The van der Waals surface area contributed by atoms with Gasteiger partial charge in [-0.05, 0) is 24.6 Å². The Kier molecular flexibility index (Phi) is 4.57. The lowest BCUT2D eigenvalue weighted by Gasteiger charge is -2.37. The third-order valence-corrected chi connectivity index (χ3v) is 4.24. The van der Waals surface area contributed by atoms with E-state index in [2.05, 4.69) is 21.2 Å². The summed E-state index contributed by atoms with van der Waals surface area (Å²) in [4.78, 5) is 38.3. The Morgan fingerprint density at radius 2 is 2.25 bits per heavy atom. The highest BCUT2D eigenvalue weighted by atomic mass is 79.9. The summed E-state index contributed by atoms with van der Waals surface area (Å²) in [5.41, 5.74) is 0.693. The molecule has 7 nitrogen and oxygen atoms in total. The van der Waals surface area contributed by atoms with Crippen LogP contribution in [0.2, 0.25) is 0 Å². The third-order valence-electron chi connectivity index (χ3n) is 3.75. The molecule has 1 aromatic carbocycles. The van der Waals surface area contributed by atoms with Crippen LogP contribution in [0.4, 0.5) is 4.79 Å². The number of esters is 2. The van der Waals surface area contributed by atoms with Gasteiger partial charge in [0.2, 0.25) is 0 Å². The zero-order chi connectivity index (χ0) is 17.3. The number of rotatable bonds is 3. The van der Waals surface area contributed by atoms with Crippen LogP contribution < -0.4 is 5.32 Å². The van der Waals surface area contributed by atoms with Crippen molar-refractivity contribution in [1.82, 2.24) is 10.2 Å². The van der Waals surface area contributed by atoms with Crippen molar-refractivity contribution in [2.45, 2.75) is 13.0 Å². The minimum Gasteiger partial charge on any atom is -0.463 e. The van der Waals surface area contributed by atoms with Crippen LogP contribution in [0.5, 0.6) is 0 Å². The van der Waals surface area contributed by atoms with Gasteiger partial charge in [-0.1, -0.05) is 28.1 Å². The molecule has 2 aliphatic heterocycles. The summed E-state index contributed by atoms with van der Waals surface area (Å²) >= 11 is 3.37. The first-order valence-electron chi connectivity index (χ1n) is 7.44. The summed E-state index contributed by atoms with van der Waals surface area (Å²) < 4.78 is 10.9. The number of hydrogen-bond acceptors (Lipinski definition) is 5. The smallest absolute Gasteiger partial charge is 0.355 e. The van der Waals surface area contributed by atoms with E-state index in [1.54, 1.807) is 25.1 Å². The molecule has 0 aromatic heterocycles. The molecule has 0 unspecified atom stereocenters. The van der Waals surface area contributed by atoms with E-state index in [4.69, 9.17) is 9.47 Å². The maximum atomic E-state index is 12.5. The fourth-order valence-corrected chi connectivity index (χ4v) is 3.17. The third kappa shape index (κ3) is 2.89. The Morgan fingerprint density at radius 3 is 2.96 bits per heavy atom. The van der Waals surface area contributed by atoms with Crippen molar-refractivity contribution in [2.75, 3.05) is 19.8 Å². The number of fused-ring (bicyclic) bond motifs is 1. The van der Waals surface area contributed by atoms with Crippen molar-refractivity contribution in [3.8, 4) is 0 Å². The predicted molar refractivity (Wildman–Crippen MR) is 86.7 cm³/mol. The maximum Gasteiger partial charge on any atom is 0.355 e. The number of morpholine rings is 1. The summed E-state index contributed by atoms with van der Waals surface area (Å²) in [7, 11) is 0. The zero-order valence-electron chi connectivity index (χ0n) is 12.9. The Balaban J connectivity index is 2.16. The van der Waals surface area contributed by atoms with Crippen molar-refractivity contribution in [1.29, 1.82) is 0 Å². The molecule has 0 saturated carbocycles. The van der Waals surface area contributed by atoms with Gasteiger partial charge in [0, 0.05) is 4.47 Å². The van der Waals surface area contributed by atoms with Gasteiger partial charge in [-0.3, -0.25) is 4.90 Å². The molecule has 0 spiro atoms. The lowest BCUT2D eigenvalue weighted by atomic mass is 9.94. The van der Waals surface area contributed by atoms with E-state index in [-0.39, 0.29) is 31.0 Å². The molecule has 2 heterocycles. The van der Waals surface area contributed by atoms with Gasteiger partial charge in [-0.25, -0.2) is 14.4 Å². The van der Waals surface area contributed by atoms with Crippen LogP contribution in [0.15, 0.2) is 40.0 Å². The summed E-state index contributed by atoms with van der Waals surface area (Å²) in [6.07, 6.45) is 0. The monoisotopic (exact) mass is 394 g/mol.